The number of carbonyl (C=O) groups excluding carboxylic acids is 1. The molecule has 0 aliphatic heterocycles. The summed E-state index contributed by atoms with van der Waals surface area (Å²) in [6, 6.07) is 15.7. The summed E-state index contributed by atoms with van der Waals surface area (Å²) >= 11 is 0. The molecular weight excluding hydrogens is 290 g/mol. The van der Waals surface area contributed by atoms with E-state index in [-0.39, 0.29) is 12.3 Å². The van der Waals surface area contributed by atoms with Gasteiger partial charge in [-0.1, -0.05) is 61.9 Å². The summed E-state index contributed by atoms with van der Waals surface area (Å²) < 4.78 is 0. The zero-order chi connectivity index (χ0) is 16.7. The van der Waals surface area contributed by atoms with Crippen LogP contribution in [0, 0.1) is 0 Å². The molecule has 0 saturated carbocycles. The van der Waals surface area contributed by atoms with Gasteiger partial charge in [0, 0.05) is 12.0 Å². The Labute approximate surface area is 136 Å². The average molecular weight is 311 g/mol. The summed E-state index contributed by atoms with van der Waals surface area (Å²) in [6.45, 7) is 2.05. The van der Waals surface area contributed by atoms with Gasteiger partial charge in [-0.2, -0.15) is 0 Å². The summed E-state index contributed by atoms with van der Waals surface area (Å²) in [5, 5.41) is 12.0. The monoisotopic (exact) mass is 311 g/mol. The Bertz CT molecular complexity index is 667. The van der Waals surface area contributed by atoms with E-state index in [0.717, 1.165) is 24.0 Å². The van der Waals surface area contributed by atoms with E-state index in [1.165, 1.54) is 0 Å². The molecule has 0 spiro atoms. The van der Waals surface area contributed by atoms with Gasteiger partial charge in [0.05, 0.1) is 0 Å². The van der Waals surface area contributed by atoms with Crippen molar-refractivity contribution in [2.45, 2.75) is 32.2 Å². The molecule has 2 N–H and O–H groups in total. The summed E-state index contributed by atoms with van der Waals surface area (Å²) in [5.41, 5.74) is 2.37. The van der Waals surface area contributed by atoms with Crippen molar-refractivity contribution in [1.29, 1.82) is 0 Å². The van der Waals surface area contributed by atoms with Crippen molar-refractivity contribution in [3.63, 3.8) is 0 Å². The number of rotatable bonds is 7. The second-order valence-electron chi connectivity index (χ2n) is 5.46. The van der Waals surface area contributed by atoms with Crippen LogP contribution in [0.4, 0.5) is 0 Å². The number of aryl methyl sites for hydroxylation is 1. The molecule has 0 heterocycles. The molecule has 1 atom stereocenters. The average Bonchev–Trinajstić information content (AvgIpc) is 2.56. The van der Waals surface area contributed by atoms with Gasteiger partial charge in [-0.15, -0.1) is 0 Å². The molecule has 0 radical (unpaired) electrons. The van der Waals surface area contributed by atoms with Gasteiger partial charge in [0.2, 0.25) is 0 Å². The number of aliphatic carboxylic acids is 1. The SMILES string of the molecule is CCCc1ccccc1C(=O)N[C@@H](Cc1ccccc1)C(=O)O. The molecule has 0 aliphatic carbocycles. The lowest BCUT2D eigenvalue weighted by Gasteiger charge is -2.16. The van der Waals surface area contributed by atoms with Crippen LogP contribution in [0.5, 0.6) is 0 Å². The molecule has 4 nitrogen and oxygen atoms in total. The van der Waals surface area contributed by atoms with Crippen LogP contribution >= 0.6 is 0 Å². The maximum Gasteiger partial charge on any atom is 0.326 e. The Kier molecular flexibility index (Phi) is 5.92. The minimum absolute atomic E-state index is 0.262. The third-order valence-electron chi connectivity index (χ3n) is 3.67. The van der Waals surface area contributed by atoms with Crippen molar-refractivity contribution in [3.8, 4) is 0 Å². The smallest absolute Gasteiger partial charge is 0.326 e. The molecule has 120 valence electrons. The number of carboxylic acid groups (broad SMARTS) is 1. The van der Waals surface area contributed by atoms with Gasteiger partial charge in [0.1, 0.15) is 6.04 Å². The summed E-state index contributed by atoms with van der Waals surface area (Å²) in [7, 11) is 0. The van der Waals surface area contributed by atoms with Crippen LogP contribution in [0.15, 0.2) is 54.6 Å². The number of hydrogen-bond acceptors (Lipinski definition) is 2. The topological polar surface area (TPSA) is 66.4 Å². The maximum absolute atomic E-state index is 12.5. The largest absolute Gasteiger partial charge is 0.480 e. The molecule has 1 amide bonds. The fourth-order valence-corrected chi connectivity index (χ4v) is 2.52. The van der Waals surface area contributed by atoms with Crippen LogP contribution in [0.2, 0.25) is 0 Å². The van der Waals surface area contributed by atoms with E-state index < -0.39 is 12.0 Å². The normalized spacial score (nSPS) is 11.7. The predicted molar refractivity (Wildman–Crippen MR) is 89.5 cm³/mol. The van der Waals surface area contributed by atoms with Crippen molar-refractivity contribution in [1.82, 2.24) is 5.32 Å². The summed E-state index contributed by atoms with van der Waals surface area (Å²) in [4.78, 5) is 23.9. The van der Waals surface area contributed by atoms with E-state index in [2.05, 4.69) is 5.32 Å². The van der Waals surface area contributed by atoms with Gasteiger partial charge in [-0.25, -0.2) is 4.79 Å². The zero-order valence-electron chi connectivity index (χ0n) is 13.2. The summed E-state index contributed by atoms with van der Waals surface area (Å²) in [5.74, 6) is -1.37. The molecule has 0 aliphatic rings. The van der Waals surface area contributed by atoms with Crippen LogP contribution in [0.25, 0.3) is 0 Å². The number of carboxylic acids is 1. The number of benzene rings is 2. The lowest BCUT2D eigenvalue weighted by molar-refractivity contribution is -0.139. The molecule has 4 heteroatoms. The van der Waals surface area contributed by atoms with Gasteiger partial charge >= 0.3 is 5.97 Å². The Morgan fingerprint density at radius 1 is 1.04 bits per heavy atom. The Morgan fingerprint density at radius 3 is 2.35 bits per heavy atom. The van der Waals surface area contributed by atoms with E-state index in [1.807, 2.05) is 49.4 Å². The van der Waals surface area contributed by atoms with Gasteiger partial charge in [0.15, 0.2) is 0 Å². The standard InChI is InChI=1S/C19H21NO3/c1-2-8-15-11-6-7-12-16(15)18(21)20-17(19(22)23)13-14-9-4-3-5-10-14/h3-7,9-12,17H,2,8,13H2,1H3,(H,20,21)(H,22,23)/t17-/m0/s1. The fraction of sp³-hybridized carbons (Fsp3) is 0.263. The lowest BCUT2D eigenvalue weighted by Crippen LogP contribution is -2.42. The fourth-order valence-electron chi connectivity index (χ4n) is 2.52. The number of nitrogens with one attached hydrogen (secondary N) is 1. The first kappa shape index (κ1) is 16.7. The number of carbonyl (C=O) groups is 2. The third kappa shape index (κ3) is 4.68. The van der Waals surface area contributed by atoms with Gasteiger partial charge in [-0.05, 0) is 23.6 Å². The highest BCUT2D eigenvalue weighted by atomic mass is 16.4. The Balaban J connectivity index is 2.14. The molecule has 0 fully saturated rings. The highest BCUT2D eigenvalue weighted by Gasteiger charge is 2.22. The van der Waals surface area contributed by atoms with Crippen molar-refractivity contribution in [2.75, 3.05) is 0 Å². The van der Waals surface area contributed by atoms with Crippen molar-refractivity contribution in [2.24, 2.45) is 0 Å². The summed E-state index contributed by atoms with van der Waals surface area (Å²) in [6.07, 6.45) is 1.98. The van der Waals surface area contributed by atoms with Crippen molar-refractivity contribution >= 4 is 11.9 Å². The first-order chi connectivity index (χ1) is 11.1. The van der Waals surface area contributed by atoms with Crippen LogP contribution in [0.3, 0.4) is 0 Å². The number of amides is 1. The minimum atomic E-state index is -1.03. The second-order valence-corrected chi connectivity index (χ2v) is 5.46. The zero-order valence-corrected chi connectivity index (χ0v) is 13.2. The minimum Gasteiger partial charge on any atom is -0.480 e. The van der Waals surface area contributed by atoms with E-state index in [1.54, 1.807) is 12.1 Å². The van der Waals surface area contributed by atoms with Gasteiger partial charge < -0.3 is 10.4 Å². The predicted octanol–water partition coefficient (Wildman–Crippen LogP) is 3.06. The first-order valence-corrected chi connectivity index (χ1v) is 7.77. The van der Waals surface area contributed by atoms with Gasteiger partial charge in [0.25, 0.3) is 5.91 Å². The second kappa shape index (κ2) is 8.13. The molecule has 0 saturated heterocycles. The maximum atomic E-state index is 12.5. The molecule has 0 unspecified atom stereocenters. The molecule has 23 heavy (non-hydrogen) atoms. The molecule has 2 rings (SSSR count). The highest BCUT2D eigenvalue weighted by Crippen LogP contribution is 2.12. The number of hydrogen-bond donors (Lipinski definition) is 2. The highest BCUT2D eigenvalue weighted by molar-refractivity contribution is 5.97. The Morgan fingerprint density at radius 2 is 1.70 bits per heavy atom. The molecule has 2 aromatic carbocycles. The van der Waals surface area contributed by atoms with Crippen LogP contribution < -0.4 is 5.32 Å². The van der Waals surface area contributed by atoms with Crippen LogP contribution in [-0.4, -0.2) is 23.0 Å². The van der Waals surface area contributed by atoms with E-state index >= 15 is 0 Å². The third-order valence-corrected chi connectivity index (χ3v) is 3.67. The van der Waals surface area contributed by atoms with Crippen molar-refractivity contribution < 1.29 is 14.7 Å². The lowest BCUT2D eigenvalue weighted by atomic mass is 10.0. The molecule has 2 aromatic rings. The van der Waals surface area contributed by atoms with E-state index in [4.69, 9.17) is 0 Å². The van der Waals surface area contributed by atoms with Crippen LogP contribution in [0.1, 0.15) is 34.8 Å². The molecule has 0 bridgehead atoms. The quantitative estimate of drug-likeness (QED) is 0.826. The first-order valence-electron chi connectivity index (χ1n) is 7.77. The molecule has 0 aromatic heterocycles. The van der Waals surface area contributed by atoms with E-state index in [0.29, 0.717) is 5.56 Å². The Hall–Kier alpha value is -2.62. The van der Waals surface area contributed by atoms with E-state index in [9.17, 15) is 14.7 Å². The molecular formula is C19H21NO3. The van der Waals surface area contributed by atoms with Crippen LogP contribution in [-0.2, 0) is 17.6 Å². The van der Waals surface area contributed by atoms with Gasteiger partial charge in [-0.3, -0.25) is 4.79 Å². The van der Waals surface area contributed by atoms with Crippen molar-refractivity contribution in [3.05, 3.63) is 71.3 Å².